The summed E-state index contributed by atoms with van der Waals surface area (Å²) in [5.74, 6) is 2.22. The summed E-state index contributed by atoms with van der Waals surface area (Å²) in [5.41, 5.74) is 1.97. The summed E-state index contributed by atoms with van der Waals surface area (Å²) in [4.78, 5) is 18.3. The fourth-order valence-corrected chi connectivity index (χ4v) is 3.47. The average molecular weight is 440 g/mol. The zero-order chi connectivity index (χ0) is 22.7. The predicted molar refractivity (Wildman–Crippen MR) is 124 cm³/mol. The molecule has 0 saturated carbocycles. The quantitative estimate of drug-likeness (QED) is 0.514. The standard InChI is InChI=1S/C22H30FN9/c1-14(2)18-13-19(30-29-18)25-21-26-20(24-15(3)16-5-7-17(23)8-6-16)27-22(28-21)32-11-9-31(4)10-12-32/h5-8,13-15H,9-12H2,1-4H3,(H3,24,25,26,27,28,29,30). The maximum atomic E-state index is 13.3. The van der Waals surface area contributed by atoms with Gasteiger partial charge in [0.05, 0.1) is 6.04 Å². The molecule has 0 bridgehead atoms. The van der Waals surface area contributed by atoms with Crippen LogP contribution in [0.15, 0.2) is 30.3 Å². The van der Waals surface area contributed by atoms with Crippen LogP contribution in [0.25, 0.3) is 0 Å². The molecule has 3 heterocycles. The number of aromatic amines is 1. The van der Waals surface area contributed by atoms with Crippen LogP contribution in [0.1, 0.15) is 44.0 Å². The highest BCUT2D eigenvalue weighted by molar-refractivity contribution is 5.53. The number of aromatic nitrogens is 5. The minimum Gasteiger partial charge on any atom is -0.348 e. The Morgan fingerprint density at radius 2 is 1.66 bits per heavy atom. The molecular formula is C22H30FN9. The zero-order valence-corrected chi connectivity index (χ0v) is 18.9. The van der Waals surface area contributed by atoms with Crippen LogP contribution in [0.3, 0.4) is 0 Å². The van der Waals surface area contributed by atoms with E-state index < -0.39 is 0 Å². The van der Waals surface area contributed by atoms with Crippen LogP contribution < -0.4 is 15.5 Å². The van der Waals surface area contributed by atoms with E-state index in [2.05, 4.69) is 66.5 Å². The summed E-state index contributed by atoms with van der Waals surface area (Å²) >= 11 is 0. The van der Waals surface area contributed by atoms with Gasteiger partial charge in [0.2, 0.25) is 17.8 Å². The topological polar surface area (TPSA) is 97.9 Å². The lowest BCUT2D eigenvalue weighted by Gasteiger charge is -2.32. The molecule has 1 atom stereocenters. The molecule has 4 rings (SSSR count). The molecule has 1 aliphatic heterocycles. The summed E-state index contributed by atoms with van der Waals surface area (Å²) < 4.78 is 13.3. The van der Waals surface area contributed by atoms with Crippen LogP contribution in [-0.4, -0.2) is 63.3 Å². The first kappa shape index (κ1) is 21.9. The number of piperazine rings is 1. The van der Waals surface area contributed by atoms with Gasteiger partial charge in [-0.1, -0.05) is 26.0 Å². The third-order valence-electron chi connectivity index (χ3n) is 5.58. The van der Waals surface area contributed by atoms with Crippen molar-refractivity contribution >= 4 is 23.7 Å². The molecule has 9 nitrogen and oxygen atoms in total. The lowest BCUT2D eigenvalue weighted by Crippen LogP contribution is -2.45. The van der Waals surface area contributed by atoms with E-state index in [-0.39, 0.29) is 11.9 Å². The Kier molecular flexibility index (Phi) is 6.50. The summed E-state index contributed by atoms with van der Waals surface area (Å²) in [6.45, 7) is 9.76. The number of hydrogen-bond donors (Lipinski definition) is 3. The number of nitrogens with zero attached hydrogens (tertiary/aromatic N) is 6. The van der Waals surface area contributed by atoms with Crippen LogP contribution in [0, 0.1) is 5.82 Å². The SMILES string of the molecule is CC(C)c1cc(Nc2nc(NC(C)c3ccc(F)cc3)nc(N3CCN(C)CC3)n2)n[nH]1. The highest BCUT2D eigenvalue weighted by Crippen LogP contribution is 2.23. The second-order valence-electron chi connectivity index (χ2n) is 8.48. The number of likely N-dealkylation sites (N-methyl/N-ethyl adjacent to an activating group) is 1. The molecule has 2 aromatic heterocycles. The summed E-state index contributed by atoms with van der Waals surface area (Å²) in [6, 6.07) is 8.26. The van der Waals surface area contributed by atoms with Gasteiger partial charge in [-0.25, -0.2) is 4.39 Å². The molecule has 1 fully saturated rings. The van der Waals surface area contributed by atoms with E-state index in [4.69, 9.17) is 0 Å². The summed E-state index contributed by atoms with van der Waals surface area (Å²) in [7, 11) is 2.11. The van der Waals surface area contributed by atoms with Gasteiger partial charge in [-0.3, -0.25) is 5.10 Å². The Bertz CT molecular complexity index is 1030. The van der Waals surface area contributed by atoms with Gasteiger partial charge in [0.15, 0.2) is 5.82 Å². The van der Waals surface area contributed by atoms with Crippen molar-refractivity contribution in [2.24, 2.45) is 0 Å². The van der Waals surface area contributed by atoms with Crippen molar-refractivity contribution in [2.75, 3.05) is 48.8 Å². The van der Waals surface area contributed by atoms with E-state index in [1.54, 1.807) is 12.1 Å². The number of hydrogen-bond acceptors (Lipinski definition) is 8. The molecule has 10 heteroatoms. The predicted octanol–water partition coefficient (Wildman–Crippen LogP) is 3.53. The number of rotatable bonds is 7. The molecule has 32 heavy (non-hydrogen) atoms. The van der Waals surface area contributed by atoms with E-state index in [0.29, 0.717) is 29.6 Å². The minimum absolute atomic E-state index is 0.107. The maximum absolute atomic E-state index is 13.3. The van der Waals surface area contributed by atoms with E-state index >= 15 is 0 Å². The molecular weight excluding hydrogens is 409 g/mol. The molecule has 1 aliphatic rings. The van der Waals surface area contributed by atoms with Gasteiger partial charge in [-0.15, -0.1) is 0 Å². The van der Waals surface area contributed by atoms with Crippen molar-refractivity contribution in [2.45, 2.75) is 32.7 Å². The smallest absolute Gasteiger partial charge is 0.235 e. The largest absolute Gasteiger partial charge is 0.348 e. The van der Waals surface area contributed by atoms with Crippen LogP contribution >= 0.6 is 0 Å². The lowest BCUT2D eigenvalue weighted by atomic mass is 10.1. The molecule has 3 aromatic rings. The highest BCUT2D eigenvalue weighted by Gasteiger charge is 2.20. The Morgan fingerprint density at radius 1 is 0.969 bits per heavy atom. The van der Waals surface area contributed by atoms with Crippen molar-refractivity contribution in [3.05, 3.63) is 47.4 Å². The second-order valence-corrected chi connectivity index (χ2v) is 8.48. The number of halogens is 1. The first-order chi connectivity index (χ1) is 15.4. The zero-order valence-electron chi connectivity index (χ0n) is 18.9. The summed E-state index contributed by atoms with van der Waals surface area (Å²) in [6.07, 6.45) is 0. The normalized spacial score (nSPS) is 15.8. The highest BCUT2D eigenvalue weighted by atomic mass is 19.1. The molecule has 1 aromatic carbocycles. The van der Waals surface area contributed by atoms with Gasteiger partial charge >= 0.3 is 0 Å². The van der Waals surface area contributed by atoms with Crippen molar-refractivity contribution < 1.29 is 4.39 Å². The first-order valence-corrected chi connectivity index (χ1v) is 10.9. The Hall–Kier alpha value is -3.27. The van der Waals surface area contributed by atoms with Crippen LogP contribution in [0.5, 0.6) is 0 Å². The first-order valence-electron chi connectivity index (χ1n) is 10.9. The van der Waals surface area contributed by atoms with Crippen molar-refractivity contribution in [1.29, 1.82) is 0 Å². The molecule has 1 unspecified atom stereocenters. The van der Waals surface area contributed by atoms with Crippen molar-refractivity contribution in [3.63, 3.8) is 0 Å². The molecule has 0 radical (unpaired) electrons. The molecule has 0 spiro atoms. The van der Waals surface area contributed by atoms with Crippen LogP contribution in [0.2, 0.25) is 0 Å². The average Bonchev–Trinajstić information content (AvgIpc) is 3.23. The number of benzene rings is 1. The third kappa shape index (κ3) is 5.31. The van der Waals surface area contributed by atoms with Crippen molar-refractivity contribution in [1.82, 2.24) is 30.0 Å². The number of H-pyrrole nitrogens is 1. The van der Waals surface area contributed by atoms with Crippen LogP contribution in [-0.2, 0) is 0 Å². The van der Waals surface area contributed by atoms with Gasteiger partial charge in [-0.05, 0) is 37.6 Å². The lowest BCUT2D eigenvalue weighted by molar-refractivity contribution is 0.311. The third-order valence-corrected chi connectivity index (χ3v) is 5.58. The van der Waals surface area contributed by atoms with Gasteiger partial charge in [-0.2, -0.15) is 20.1 Å². The Morgan fingerprint density at radius 3 is 2.31 bits per heavy atom. The van der Waals surface area contributed by atoms with Crippen LogP contribution in [0.4, 0.5) is 28.1 Å². The van der Waals surface area contributed by atoms with E-state index in [1.165, 1.54) is 12.1 Å². The molecule has 0 amide bonds. The molecule has 3 N–H and O–H groups in total. The van der Waals surface area contributed by atoms with Gasteiger partial charge < -0.3 is 20.4 Å². The van der Waals surface area contributed by atoms with E-state index in [0.717, 1.165) is 37.4 Å². The Balaban J connectivity index is 1.59. The number of anilines is 4. The molecule has 1 saturated heterocycles. The van der Waals surface area contributed by atoms with Gasteiger partial charge in [0, 0.05) is 37.9 Å². The Labute approximate surface area is 187 Å². The van der Waals surface area contributed by atoms with Crippen molar-refractivity contribution in [3.8, 4) is 0 Å². The monoisotopic (exact) mass is 439 g/mol. The van der Waals surface area contributed by atoms with Gasteiger partial charge in [0.1, 0.15) is 5.82 Å². The van der Waals surface area contributed by atoms with Gasteiger partial charge in [0.25, 0.3) is 0 Å². The number of nitrogens with one attached hydrogen (secondary N) is 3. The summed E-state index contributed by atoms with van der Waals surface area (Å²) in [5, 5.41) is 13.9. The minimum atomic E-state index is -0.260. The molecule has 0 aliphatic carbocycles. The molecule has 170 valence electrons. The van der Waals surface area contributed by atoms with E-state index in [1.807, 2.05) is 13.0 Å². The maximum Gasteiger partial charge on any atom is 0.235 e. The fourth-order valence-electron chi connectivity index (χ4n) is 3.47. The van der Waals surface area contributed by atoms with E-state index in [9.17, 15) is 4.39 Å². The second kappa shape index (κ2) is 9.47. The fraction of sp³-hybridized carbons (Fsp3) is 0.455.